The quantitative estimate of drug-likeness (QED) is 0.652. The van der Waals surface area contributed by atoms with Gasteiger partial charge in [-0.1, -0.05) is 6.08 Å². The van der Waals surface area contributed by atoms with Crippen molar-refractivity contribution in [2.75, 3.05) is 13.1 Å². The Kier molecular flexibility index (Phi) is 6.05. The van der Waals surface area contributed by atoms with Crippen molar-refractivity contribution in [3.63, 3.8) is 0 Å². The number of nitrogens with zero attached hydrogens (tertiary/aromatic N) is 3. The number of rotatable bonds is 3. The SMILES string of the molecule is CC=NC(=N/C=C/C)C1=C(N)CCN(C(=O)c2ccc(F)cc2O)C1. The summed E-state index contributed by atoms with van der Waals surface area (Å²) in [6.07, 6.45) is 5.45. The molecule has 0 bridgehead atoms. The van der Waals surface area contributed by atoms with Gasteiger partial charge >= 0.3 is 0 Å². The van der Waals surface area contributed by atoms with Crippen LogP contribution in [0.5, 0.6) is 5.75 Å². The lowest BCUT2D eigenvalue weighted by atomic mass is 10.0. The minimum Gasteiger partial charge on any atom is -0.507 e. The first-order valence-electron chi connectivity index (χ1n) is 7.91. The number of allylic oxidation sites excluding steroid dienone is 1. The maximum Gasteiger partial charge on any atom is 0.257 e. The molecule has 1 aromatic rings. The summed E-state index contributed by atoms with van der Waals surface area (Å²) in [5.74, 6) is -0.939. The van der Waals surface area contributed by atoms with Gasteiger partial charge in [0.2, 0.25) is 0 Å². The molecule has 6 nitrogen and oxygen atoms in total. The highest BCUT2D eigenvalue weighted by Gasteiger charge is 2.26. The van der Waals surface area contributed by atoms with Gasteiger partial charge in [-0.2, -0.15) is 0 Å². The van der Waals surface area contributed by atoms with E-state index in [-0.39, 0.29) is 17.9 Å². The molecule has 2 rings (SSSR count). The van der Waals surface area contributed by atoms with Crippen LogP contribution in [0.4, 0.5) is 4.39 Å². The second-order valence-corrected chi connectivity index (χ2v) is 5.46. The van der Waals surface area contributed by atoms with Crippen LogP contribution in [0.1, 0.15) is 30.6 Å². The first-order valence-corrected chi connectivity index (χ1v) is 7.91. The highest BCUT2D eigenvalue weighted by atomic mass is 19.1. The maximum atomic E-state index is 13.1. The predicted molar refractivity (Wildman–Crippen MR) is 96.2 cm³/mol. The average molecular weight is 344 g/mol. The number of benzene rings is 1. The Hall–Kier alpha value is -2.96. The highest BCUT2D eigenvalue weighted by molar-refractivity contribution is 6.05. The fourth-order valence-electron chi connectivity index (χ4n) is 2.48. The molecule has 0 radical (unpaired) electrons. The minimum atomic E-state index is -0.601. The van der Waals surface area contributed by atoms with Crippen molar-refractivity contribution in [2.24, 2.45) is 15.7 Å². The van der Waals surface area contributed by atoms with E-state index in [0.717, 1.165) is 12.1 Å². The fraction of sp³-hybridized carbons (Fsp3) is 0.278. The molecule has 0 fully saturated rings. The Morgan fingerprint density at radius 3 is 2.80 bits per heavy atom. The van der Waals surface area contributed by atoms with Crippen LogP contribution in [0.15, 0.2) is 51.7 Å². The van der Waals surface area contributed by atoms with Crippen molar-refractivity contribution in [3.05, 3.63) is 53.1 Å². The molecule has 0 saturated carbocycles. The van der Waals surface area contributed by atoms with Crippen molar-refractivity contribution in [3.8, 4) is 5.75 Å². The van der Waals surface area contributed by atoms with Gasteiger partial charge in [0.05, 0.1) is 12.1 Å². The molecule has 0 spiro atoms. The summed E-state index contributed by atoms with van der Waals surface area (Å²) in [5.41, 5.74) is 7.44. The van der Waals surface area contributed by atoms with Crippen LogP contribution >= 0.6 is 0 Å². The fourth-order valence-corrected chi connectivity index (χ4v) is 2.48. The normalized spacial score (nSPS) is 16.3. The predicted octanol–water partition coefficient (Wildman–Crippen LogP) is 2.61. The van der Waals surface area contributed by atoms with E-state index in [2.05, 4.69) is 9.98 Å². The van der Waals surface area contributed by atoms with Gasteiger partial charge in [-0.05, 0) is 26.0 Å². The minimum absolute atomic E-state index is 0.0483. The number of aliphatic imine (C=N–C) groups is 2. The van der Waals surface area contributed by atoms with E-state index < -0.39 is 11.7 Å². The number of carbonyl (C=O) groups is 1. The molecule has 0 aliphatic carbocycles. The number of phenols is 1. The molecule has 1 amide bonds. The summed E-state index contributed by atoms with van der Waals surface area (Å²) < 4.78 is 13.1. The van der Waals surface area contributed by atoms with Crippen molar-refractivity contribution in [1.29, 1.82) is 0 Å². The van der Waals surface area contributed by atoms with Crippen LogP contribution in [0.3, 0.4) is 0 Å². The summed E-state index contributed by atoms with van der Waals surface area (Å²) in [5, 5.41) is 9.84. The molecule has 132 valence electrons. The Morgan fingerprint density at radius 1 is 1.40 bits per heavy atom. The molecule has 3 N–H and O–H groups in total. The third-order valence-corrected chi connectivity index (χ3v) is 3.73. The molecule has 0 aromatic heterocycles. The zero-order valence-electron chi connectivity index (χ0n) is 14.2. The molecule has 7 heteroatoms. The molecule has 25 heavy (non-hydrogen) atoms. The van der Waals surface area contributed by atoms with Crippen LogP contribution in [-0.4, -0.2) is 41.1 Å². The Bertz CT molecular complexity index is 781. The first kappa shape index (κ1) is 18.4. The largest absolute Gasteiger partial charge is 0.507 e. The molecule has 1 heterocycles. The van der Waals surface area contributed by atoms with Crippen LogP contribution in [0, 0.1) is 5.82 Å². The maximum absolute atomic E-state index is 13.1. The third-order valence-electron chi connectivity index (χ3n) is 3.73. The van der Waals surface area contributed by atoms with Crippen molar-refractivity contribution < 1.29 is 14.3 Å². The van der Waals surface area contributed by atoms with E-state index in [4.69, 9.17) is 5.73 Å². The van der Waals surface area contributed by atoms with Crippen molar-refractivity contribution in [2.45, 2.75) is 20.3 Å². The topological polar surface area (TPSA) is 91.3 Å². The summed E-state index contributed by atoms with van der Waals surface area (Å²) in [7, 11) is 0. The van der Waals surface area contributed by atoms with Gasteiger partial charge in [0, 0.05) is 42.7 Å². The Labute approximate surface area is 145 Å². The number of nitrogens with two attached hydrogens (primary N) is 1. The summed E-state index contributed by atoms with van der Waals surface area (Å²) in [6.45, 7) is 4.22. The second-order valence-electron chi connectivity index (χ2n) is 5.46. The lowest BCUT2D eigenvalue weighted by molar-refractivity contribution is 0.0763. The van der Waals surface area contributed by atoms with Crippen molar-refractivity contribution in [1.82, 2.24) is 4.90 Å². The smallest absolute Gasteiger partial charge is 0.257 e. The Balaban J connectivity index is 2.31. The summed E-state index contributed by atoms with van der Waals surface area (Å²) >= 11 is 0. The molecule has 0 unspecified atom stereocenters. The molecule has 0 atom stereocenters. The van der Waals surface area contributed by atoms with Crippen LogP contribution in [-0.2, 0) is 0 Å². The molecular formula is C18H21FN4O2. The van der Waals surface area contributed by atoms with Gasteiger partial charge in [0.25, 0.3) is 5.91 Å². The van der Waals surface area contributed by atoms with Crippen LogP contribution in [0.25, 0.3) is 0 Å². The van der Waals surface area contributed by atoms with E-state index in [9.17, 15) is 14.3 Å². The Morgan fingerprint density at radius 2 is 2.16 bits per heavy atom. The number of amidine groups is 1. The molecular weight excluding hydrogens is 323 g/mol. The highest BCUT2D eigenvalue weighted by Crippen LogP contribution is 2.23. The molecule has 1 aromatic carbocycles. The van der Waals surface area contributed by atoms with Crippen molar-refractivity contribution >= 4 is 18.0 Å². The van der Waals surface area contributed by atoms with Crippen LogP contribution < -0.4 is 5.73 Å². The number of carbonyl (C=O) groups excluding carboxylic acids is 1. The van der Waals surface area contributed by atoms with Gasteiger partial charge in [-0.25, -0.2) is 14.4 Å². The van der Waals surface area contributed by atoms with Gasteiger partial charge in [0.1, 0.15) is 11.6 Å². The lowest BCUT2D eigenvalue weighted by Gasteiger charge is -2.29. The van der Waals surface area contributed by atoms with Gasteiger partial charge in [-0.15, -0.1) is 0 Å². The molecule has 1 aliphatic heterocycles. The summed E-state index contributed by atoms with van der Waals surface area (Å²) in [6, 6.07) is 3.33. The number of aromatic hydroxyl groups is 1. The zero-order chi connectivity index (χ0) is 18.4. The lowest BCUT2D eigenvalue weighted by Crippen LogP contribution is -2.40. The third kappa shape index (κ3) is 4.32. The zero-order valence-corrected chi connectivity index (χ0v) is 14.2. The average Bonchev–Trinajstić information content (AvgIpc) is 2.59. The number of halogens is 1. The molecule has 0 saturated heterocycles. The van der Waals surface area contributed by atoms with E-state index in [0.29, 0.717) is 30.1 Å². The first-order chi connectivity index (χ1) is 12.0. The van der Waals surface area contributed by atoms with E-state index in [1.165, 1.54) is 11.0 Å². The standard InChI is InChI=1S/C18H21FN4O2/c1-3-8-22-17(21-4-2)14-11-23(9-7-15(14)20)18(25)13-6-5-12(19)10-16(13)24/h3-6,8,10,24H,7,9,11,20H2,1-2H3/b8-3+,21-4?,22-17?. The monoisotopic (exact) mass is 344 g/mol. The van der Waals surface area contributed by atoms with E-state index >= 15 is 0 Å². The summed E-state index contributed by atoms with van der Waals surface area (Å²) in [4.78, 5) is 22.7. The number of phenolic OH excluding ortho intramolecular Hbond substituents is 1. The number of hydrogen-bond donors (Lipinski definition) is 2. The van der Waals surface area contributed by atoms with E-state index in [1.54, 1.807) is 25.4 Å². The van der Waals surface area contributed by atoms with Gasteiger partial charge in [-0.3, -0.25) is 4.79 Å². The molecule has 1 aliphatic rings. The second kappa shape index (κ2) is 8.23. The van der Waals surface area contributed by atoms with Gasteiger partial charge < -0.3 is 15.7 Å². The number of amides is 1. The van der Waals surface area contributed by atoms with E-state index in [1.807, 2.05) is 6.92 Å². The van der Waals surface area contributed by atoms with Crippen LogP contribution in [0.2, 0.25) is 0 Å². The number of hydrogen-bond acceptors (Lipinski definition) is 4. The van der Waals surface area contributed by atoms with Gasteiger partial charge in [0.15, 0.2) is 5.84 Å².